The molecule has 0 aromatic carbocycles. The molecule has 0 radical (unpaired) electrons. The first-order chi connectivity index (χ1) is 13.6. The number of hydrogen-bond acceptors (Lipinski definition) is 6. The number of nitrogens with zero attached hydrogens (tertiary/aromatic N) is 5. The maximum absolute atomic E-state index is 12.8. The highest BCUT2D eigenvalue weighted by Gasteiger charge is 2.15. The number of carbonyl (C=O) groups excluding carboxylic acids is 1. The normalized spacial score (nSPS) is 10.8. The van der Waals surface area contributed by atoms with Crippen molar-refractivity contribution in [3.63, 3.8) is 0 Å². The van der Waals surface area contributed by atoms with E-state index in [4.69, 9.17) is 4.74 Å². The first-order valence-corrected chi connectivity index (χ1v) is 8.66. The van der Waals surface area contributed by atoms with Gasteiger partial charge in [-0.05, 0) is 37.6 Å². The zero-order chi connectivity index (χ0) is 19.7. The summed E-state index contributed by atoms with van der Waals surface area (Å²) in [6.45, 7) is 3.70. The average Bonchev–Trinajstić information content (AvgIpc) is 3.03. The molecule has 4 aromatic heterocycles. The first-order valence-electron chi connectivity index (χ1n) is 8.66. The summed E-state index contributed by atoms with van der Waals surface area (Å²) in [5.74, 6) is 0.694. The van der Waals surface area contributed by atoms with Gasteiger partial charge in [-0.25, -0.2) is 15.0 Å². The van der Waals surface area contributed by atoms with Crippen LogP contribution in [0.2, 0.25) is 0 Å². The molecule has 0 aliphatic rings. The van der Waals surface area contributed by atoms with Gasteiger partial charge in [0.25, 0.3) is 5.91 Å². The van der Waals surface area contributed by atoms with Gasteiger partial charge in [0.05, 0.1) is 29.4 Å². The van der Waals surface area contributed by atoms with Gasteiger partial charge in [0.2, 0.25) is 5.88 Å². The van der Waals surface area contributed by atoms with Gasteiger partial charge in [0.15, 0.2) is 5.82 Å². The second-order valence-electron chi connectivity index (χ2n) is 6.25. The van der Waals surface area contributed by atoms with Gasteiger partial charge < -0.3 is 4.74 Å². The minimum atomic E-state index is -0.308. The van der Waals surface area contributed by atoms with Crippen LogP contribution in [0.5, 0.6) is 5.88 Å². The highest BCUT2D eigenvalue weighted by atomic mass is 16.5. The summed E-state index contributed by atoms with van der Waals surface area (Å²) in [7, 11) is 1.57. The number of nitrogens with one attached hydrogen (secondary N) is 1. The lowest BCUT2D eigenvalue weighted by Gasteiger charge is -2.10. The van der Waals surface area contributed by atoms with E-state index >= 15 is 0 Å². The second-order valence-corrected chi connectivity index (χ2v) is 6.25. The Morgan fingerprint density at radius 2 is 1.96 bits per heavy atom. The number of carbonyl (C=O) groups is 1. The highest BCUT2D eigenvalue weighted by Crippen LogP contribution is 2.21. The fraction of sp³-hybridized carbons (Fsp3) is 0.150. The molecule has 0 spiro atoms. The van der Waals surface area contributed by atoms with Gasteiger partial charge in [-0.1, -0.05) is 6.07 Å². The van der Waals surface area contributed by atoms with E-state index in [0.29, 0.717) is 28.7 Å². The van der Waals surface area contributed by atoms with Crippen molar-refractivity contribution in [1.29, 1.82) is 0 Å². The molecule has 4 aromatic rings. The van der Waals surface area contributed by atoms with Gasteiger partial charge in [-0.2, -0.15) is 0 Å². The Bertz CT molecular complexity index is 1170. The number of ether oxygens (including phenoxy) is 1. The summed E-state index contributed by atoms with van der Waals surface area (Å²) >= 11 is 0. The van der Waals surface area contributed by atoms with E-state index < -0.39 is 0 Å². The summed E-state index contributed by atoms with van der Waals surface area (Å²) in [5, 5.41) is 0. The predicted octanol–water partition coefficient (Wildman–Crippen LogP) is 2.90. The van der Waals surface area contributed by atoms with Crippen LogP contribution in [0.15, 0.2) is 48.9 Å². The fourth-order valence-electron chi connectivity index (χ4n) is 2.93. The molecule has 8 nitrogen and oxygen atoms in total. The standard InChI is InChI=1S/C20H18N6O2/c1-12-11-26(16-7-8-17(28-3)24-18(12)16)25-20(27)14-10-22-19(23-13(14)2)15-6-4-5-9-21-15/h4-11H,1-3H3,(H,25,27). The van der Waals surface area contributed by atoms with Gasteiger partial charge >= 0.3 is 0 Å². The Kier molecular flexibility index (Phi) is 4.44. The molecular formula is C20H18N6O2. The van der Waals surface area contributed by atoms with E-state index in [-0.39, 0.29) is 5.91 Å². The molecule has 0 saturated carbocycles. The molecule has 140 valence electrons. The van der Waals surface area contributed by atoms with Crippen LogP contribution >= 0.6 is 0 Å². The molecule has 1 amide bonds. The molecule has 4 rings (SSSR count). The number of aromatic nitrogens is 5. The Balaban J connectivity index is 1.63. The summed E-state index contributed by atoms with van der Waals surface area (Å²) in [4.78, 5) is 30.2. The topological polar surface area (TPSA) is 94.8 Å². The molecule has 0 unspecified atom stereocenters. The Hall–Kier alpha value is -3.81. The number of methoxy groups -OCH3 is 1. The maximum Gasteiger partial charge on any atom is 0.273 e. The van der Waals surface area contributed by atoms with Crippen molar-refractivity contribution in [1.82, 2.24) is 24.6 Å². The highest BCUT2D eigenvalue weighted by molar-refractivity contribution is 6.01. The van der Waals surface area contributed by atoms with Gasteiger partial charge in [-0.3, -0.25) is 19.9 Å². The Morgan fingerprint density at radius 1 is 1.11 bits per heavy atom. The summed E-state index contributed by atoms with van der Waals surface area (Å²) in [6, 6.07) is 9.11. The maximum atomic E-state index is 12.8. The van der Waals surface area contributed by atoms with Crippen LogP contribution in [-0.4, -0.2) is 37.6 Å². The Labute approximate surface area is 161 Å². The number of fused-ring (bicyclic) bond motifs is 1. The van der Waals surface area contributed by atoms with Crippen LogP contribution in [0.25, 0.3) is 22.6 Å². The van der Waals surface area contributed by atoms with E-state index in [1.807, 2.05) is 37.4 Å². The number of hydrogen-bond donors (Lipinski definition) is 1. The monoisotopic (exact) mass is 374 g/mol. The number of pyridine rings is 2. The van der Waals surface area contributed by atoms with Gasteiger partial charge in [0.1, 0.15) is 5.69 Å². The zero-order valence-corrected chi connectivity index (χ0v) is 15.7. The zero-order valence-electron chi connectivity index (χ0n) is 15.7. The van der Waals surface area contributed by atoms with Crippen molar-refractivity contribution in [2.45, 2.75) is 13.8 Å². The quantitative estimate of drug-likeness (QED) is 0.590. The smallest absolute Gasteiger partial charge is 0.273 e. The lowest BCUT2D eigenvalue weighted by atomic mass is 10.2. The van der Waals surface area contributed by atoms with Crippen LogP contribution in [0.1, 0.15) is 21.6 Å². The molecule has 0 fully saturated rings. The van der Waals surface area contributed by atoms with E-state index in [1.165, 1.54) is 6.20 Å². The molecule has 0 atom stereocenters. The molecule has 4 heterocycles. The molecule has 0 aliphatic heterocycles. The number of amides is 1. The van der Waals surface area contributed by atoms with Crippen molar-refractivity contribution in [3.8, 4) is 17.4 Å². The minimum absolute atomic E-state index is 0.308. The average molecular weight is 374 g/mol. The third-order valence-corrected chi connectivity index (χ3v) is 4.35. The predicted molar refractivity (Wildman–Crippen MR) is 105 cm³/mol. The van der Waals surface area contributed by atoms with Crippen LogP contribution in [0.4, 0.5) is 0 Å². The molecular weight excluding hydrogens is 356 g/mol. The van der Waals surface area contributed by atoms with Crippen molar-refractivity contribution in [2.24, 2.45) is 0 Å². The molecule has 0 aliphatic carbocycles. The van der Waals surface area contributed by atoms with Crippen LogP contribution < -0.4 is 10.2 Å². The van der Waals surface area contributed by atoms with Crippen molar-refractivity contribution < 1.29 is 9.53 Å². The van der Waals surface area contributed by atoms with Crippen LogP contribution in [-0.2, 0) is 0 Å². The minimum Gasteiger partial charge on any atom is -0.481 e. The molecule has 0 saturated heterocycles. The van der Waals surface area contributed by atoms with Crippen molar-refractivity contribution in [2.75, 3.05) is 12.5 Å². The van der Waals surface area contributed by atoms with E-state index in [0.717, 1.165) is 16.6 Å². The Morgan fingerprint density at radius 3 is 2.68 bits per heavy atom. The van der Waals surface area contributed by atoms with E-state index in [1.54, 1.807) is 31.0 Å². The van der Waals surface area contributed by atoms with Crippen molar-refractivity contribution >= 4 is 16.9 Å². The van der Waals surface area contributed by atoms with Crippen LogP contribution in [0, 0.1) is 13.8 Å². The largest absolute Gasteiger partial charge is 0.481 e. The lowest BCUT2D eigenvalue weighted by Crippen LogP contribution is -2.23. The lowest BCUT2D eigenvalue weighted by molar-refractivity contribution is 0.101. The van der Waals surface area contributed by atoms with Crippen molar-refractivity contribution in [3.05, 3.63) is 65.7 Å². The number of aryl methyl sites for hydroxylation is 2. The summed E-state index contributed by atoms with van der Waals surface area (Å²) in [5.41, 5.74) is 6.94. The van der Waals surface area contributed by atoms with Gasteiger partial charge in [-0.15, -0.1) is 0 Å². The molecule has 8 heteroatoms. The molecule has 0 bridgehead atoms. The number of rotatable bonds is 4. The SMILES string of the molecule is COc1ccc2c(n1)c(C)cn2NC(=O)c1cnc(-c2ccccn2)nc1C. The van der Waals surface area contributed by atoms with Crippen LogP contribution in [0.3, 0.4) is 0 Å². The first kappa shape index (κ1) is 17.6. The summed E-state index contributed by atoms with van der Waals surface area (Å²) < 4.78 is 6.82. The van der Waals surface area contributed by atoms with E-state index in [2.05, 4.69) is 25.4 Å². The van der Waals surface area contributed by atoms with E-state index in [9.17, 15) is 4.79 Å². The second kappa shape index (κ2) is 7.07. The molecule has 1 N–H and O–H groups in total. The summed E-state index contributed by atoms with van der Waals surface area (Å²) in [6.07, 6.45) is 5.01. The third kappa shape index (κ3) is 3.16. The molecule has 28 heavy (non-hydrogen) atoms. The third-order valence-electron chi connectivity index (χ3n) is 4.35. The fourth-order valence-corrected chi connectivity index (χ4v) is 2.93. The van der Waals surface area contributed by atoms with Gasteiger partial charge in [0, 0.05) is 24.7 Å².